The number of hydrogen-bond donors (Lipinski definition) is 1. The Labute approximate surface area is 85.5 Å². The van der Waals surface area contributed by atoms with Gasteiger partial charge in [-0.05, 0) is 18.4 Å². The molecule has 1 aromatic rings. The Hall–Kier alpha value is -0.860. The second kappa shape index (κ2) is 6.57. The van der Waals surface area contributed by atoms with E-state index in [1.54, 1.807) is 0 Å². The quantitative estimate of drug-likeness (QED) is 0.705. The third-order valence-electron chi connectivity index (χ3n) is 2.09. The van der Waals surface area contributed by atoms with E-state index in [0.717, 1.165) is 24.8 Å². The standard InChI is InChI=1S/C12H18O2/c1-2-3-9-12(13)14-10-11-7-5-4-6-8-11/h4-8,12-13H,2-3,9-10H2,1H3. The Bertz CT molecular complexity index is 233. The smallest absolute Gasteiger partial charge is 0.154 e. The fraction of sp³-hybridized carbons (Fsp3) is 0.500. The molecule has 1 N–H and O–H groups in total. The first kappa shape index (κ1) is 11.2. The highest BCUT2D eigenvalue weighted by Crippen LogP contribution is 2.06. The average molecular weight is 194 g/mol. The lowest BCUT2D eigenvalue weighted by atomic mass is 10.2. The predicted octanol–water partition coefficient (Wildman–Crippen LogP) is 2.71. The van der Waals surface area contributed by atoms with Crippen molar-refractivity contribution >= 4 is 0 Å². The third kappa shape index (κ3) is 4.40. The molecular weight excluding hydrogens is 176 g/mol. The van der Waals surface area contributed by atoms with E-state index in [0.29, 0.717) is 6.61 Å². The van der Waals surface area contributed by atoms with Crippen LogP contribution < -0.4 is 0 Å². The minimum atomic E-state index is -0.616. The van der Waals surface area contributed by atoms with Gasteiger partial charge in [-0.3, -0.25) is 0 Å². The van der Waals surface area contributed by atoms with Gasteiger partial charge in [0, 0.05) is 0 Å². The van der Waals surface area contributed by atoms with E-state index in [1.165, 1.54) is 0 Å². The zero-order valence-corrected chi connectivity index (χ0v) is 8.65. The summed E-state index contributed by atoms with van der Waals surface area (Å²) in [6, 6.07) is 9.89. The maximum atomic E-state index is 9.42. The fourth-order valence-corrected chi connectivity index (χ4v) is 1.23. The minimum absolute atomic E-state index is 0.492. The first-order valence-corrected chi connectivity index (χ1v) is 5.16. The molecule has 0 saturated carbocycles. The summed E-state index contributed by atoms with van der Waals surface area (Å²) in [5, 5.41) is 9.42. The molecule has 78 valence electrons. The second-order valence-corrected chi connectivity index (χ2v) is 3.39. The van der Waals surface area contributed by atoms with Gasteiger partial charge in [0.25, 0.3) is 0 Å². The first-order chi connectivity index (χ1) is 6.83. The van der Waals surface area contributed by atoms with Crippen LogP contribution in [0, 0.1) is 0 Å². The molecule has 0 bridgehead atoms. The molecule has 0 aliphatic rings. The van der Waals surface area contributed by atoms with Crippen molar-refractivity contribution in [3.05, 3.63) is 35.9 Å². The number of benzene rings is 1. The summed E-state index contributed by atoms with van der Waals surface area (Å²) in [4.78, 5) is 0. The molecule has 0 amide bonds. The van der Waals surface area contributed by atoms with E-state index in [4.69, 9.17) is 4.74 Å². The van der Waals surface area contributed by atoms with Crippen molar-refractivity contribution in [2.75, 3.05) is 0 Å². The number of rotatable bonds is 6. The molecule has 0 fully saturated rings. The molecule has 0 heterocycles. The van der Waals surface area contributed by atoms with Crippen molar-refractivity contribution in [1.82, 2.24) is 0 Å². The van der Waals surface area contributed by atoms with E-state index >= 15 is 0 Å². The van der Waals surface area contributed by atoms with Gasteiger partial charge in [0.15, 0.2) is 6.29 Å². The predicted molar refractivity (Wildman–Crippen MR) is 56.8 cm³/mol. The summed E-state index contributed by atoms with van der Waals surface area (Å²) in [7, 11) is 0. The van der Waals surface area contributed by atoms with E-state index in [2.05, 4.69) is 6.92 Å². The summed E-state index contributed by atoms with van der Waals surface area (Å²) in [6.07, 6.45) is 2.21. The van der Waals surface area contributed by atoms with Crippen molar-refractivity contribution in [2.45, 2.75) is 39.1 Å². The van der Waals surface area contributed by atoms with Crippen molar-refractivity contribution in [1.29, 1.82) is 0 Å². The Morgan fingerprint density at radius 2 is 2.00 bits per heavy atom. The van der Waals surface area contributed by atoms with Crippen LogP contribution in [0.1, 0.15) is 31.7 Å². The van der Waals surface area contributed by atoms with Gasteiger partial charge >= 0.3 is 0 Å². The van der Waals surface area contributed by atoms with Gasteiger partial charge in [0.1, 0.15) is 0 Å². The van der Waals surface area contributed by atoms with Gasteiger partial charge in [-0.15, -0.1) is 0 Å². The van der Waals surface area contributed by atoms with E-state index < -0.39 is 6.29 Å². The molecule has 0 spiro atoms. The highest BCUT2D eigenvalue weighted by molar-refractivity contribution is 5.13. The number of aliphatic hydroxyl groups excluding tert-OH is 1. The molecule has 1 atom stereocenters. The van der Waals surface area contributed by atoms with Crippen LogP contribution in [0.25, 0.3) is 0 Å². The van der Waals surface area contributed by atoms with Gasteiger partial charge in [-0.1, -0.05) is 43.7 Å². The Balaban J connectivity index is 2.20. The van der Waals surface area contributed by atoms with Crippen molar-refractivity contribution < 1.29 is 9.84 Å². The maximum Gasteiger partial charge on any atom is 0.154 e. The summed E-state index contributed by atoms with van der Waals surface area (Å²) >= 11 is 0. The Morgan fingerprint density at radius 3 is 2.64 bits per heavy atom. The lowest BCUT2D eigenvalue weighted by Gasteiger charge is -2.11. The van der Waals surface area contributed by atoms with Crippen LogP contribution in [-0.2, 0) is 11.3 Å². The van der Waals surface area contributed by atoms with E-state index in [1.807, 2.05) is 30.3 Å². The average Bonchev–Trinajstić information content (AvgIpc) is 2.25. The maximum absolute atomic E-state index is 9.42. The molecule has 0 aliphatic carbocycles. The monoisotopic (exact) mass is 194 g/mol. The van der Waals surface area contributed by atoms with Crippen LogP contribution in [-0.4, -0.2) is 11.4 Å². The van der Waals surface area contributed by atoms with Crippen molar-refractivity contribution in [3.8, 4) is 0 Å². The molecule has 1 unspecified atom stereocenters. The molecular formula is C12H18O2. The van der Waals surface area contributed by atoms with Crippen molar-refractivity contribution in [3.63, 3.8) is 0 Å². The molecule has 0 radical (unpaired) electrons. The Kier molecular flexibility index (Phi) is 5.27. The van der Waals surface area contributed by atoms with Crippen LogP contribution in [0.5, 0.6) is 0 Å². The van der Waals surface area contributed by atoms with E-state index in [-0.39, 0.29) is 0 Å². The van der Waals surface area contributed by atoms with Crippen LogP contribution in [0.3, 0.4) is 0 Å². The van der Waals surface area contributed by atoms with Crippen LogP contribution >= 0.6 is 0 Å². The van der Waals surface area contributed by atoms with Gasteiger partial charge in [0.05, 0.1) is 6.61 Å². The van der Waals surface area contributed by atoms with Crippen LogP contribution in [0.4, 0.5) is 0 Å². The zero-order valence-electron chi connectivity index (χ0n) is 8.65. The number of unbranched alkanes of at least 4 members (excludes halogenated alkanes) is 1. The number of ether oxygens (including phenoxy) is 1. The van der Waals surface area contributed by atoms with Gasteiger partial charge < -0.3 is 9.84 Å². The molecule has 0 aromatic heterocycles. The third-order valence-corrected chi connectivity index (χ3v) is 2.09. The summed E-state index contributed by atoms with van der Waals surface area (Å²) < 4.78 is 5.29. The fourth-order valence-electron chi connectivity index (χ4n) is 1.23. The first-order valence-electron chi connectivity index (χ1n) is 5.16. The molecule has 2 heteroatoms. The summed E-state index contributed by atoms with van der Waals surface area (Å²) in [5.41, 5.74) is 1.10. The number of aliphatic hydroxyl groups is 1. The molecule has 2 nitrogen and oxygen atoms in total. The van der Waals surface area contributed by atoms with Gasteiger partial charge in [-0.2, -0.15) is 0 Å². The van der Waals surface area contributed by atoms with E-state index in [9.17, 15) is 5.11 Å². The van der Waals surface area contributed by atoms with Crippen LogP contribution in [0.2, 0.25) is 0 Å². The van der Waals surface area contributed by atoms with Crippen LogP contribution in [0.15, 0.2) is 30.3 Å². The van der Waals surface area contributed by atoms with Gasteiger partial charge in [0.2, 0.25) is 0 Å². The molecule has 1 aromatic carbocycles. The summed E-state index contributed by atoms with van der Waals surface area (Å²) in [6.45, 7) is 2.59. The molecule has 0 aliphatic heterocycles. The normalized spacial score (nSPS) is 12.7. The van der Waals surface area contributed by atoms with Crippen molar-refractivity contribution in [2.24, 2.45) is 0 Å². The van der Waals surface area contributed by atoms with Gasteiger partial charge in [-0.25, -0.2) is 0 Å². The number of hydrogen-bond acceptors (Lipinski definition) is 2. The minimum Gasteiger partial charge on any atom is -0.368 e. The Morgan fingerprint density at radius 1 is 1.29 bits per heavy atom. The highest BCUT2D eigenvalue weighted by Gasteiger charge is 2.02. The zero-order chi connectivity index (χ0) is 10.2. The topological polar surface area (TPSA) is 29.5 Å². The lowest BCUT2D eigenvalue weighted by Crippen LogP contribution is -2.11. The summed E-state index contributed by atoms with van der Waals surface area (Å²) in [5.74, 6) is 0. The largest absolute Gasteiger partial charge is 0.368 e. The highest BCUT2D eigenvalue weighted by atomic mass is 16.6. The second-order valence-electron chi connectivity index (χ2n) is 3.39. The SMILES string of the molecule is CCCCC(O)OCc1ccccc1. The lowest BCUT2D eigenvalue weighted by molar-refractivity contribution is -0.112. The molecule has 0 saturated heterocycles. The molecule has 1 rings (SSSR count). The molecule has 14 heavy (non-hydrogen) atoms.